The van der Waals surface area contributed by atoms with E-state index in [0.717, 1.165) is 54.4 Å². The summed E-state index contributed by atoms with van der Waals surface area (Å²) in [6.07, 6.45) is 16.1. The summed E-state index contributed by atoms with van der Waals surface area (Å²) in [5.74, 6) is 3.16. The molecule has 0 spiro atoms. The molecule has 0 saturated heterocycles. The number of nitrogens with zero attached hydrogens (tertiary/aromatic N) is 5. The molecule has 7 nitrogen and oxygen atoms in total. The second-order valence-corrected chi connectivity index (χ2v) is 11.8. The van der Waals surface area contributed by atoms with Crippen molar-refractivity contribution in [1.29, 1.82) is 0 Å². The van der Waals surface area contributed by atoms with Gasteiger partial charge in [-0.05, 0) is 82.8 Å². The molecule has 4 aliphatic rings. The highest BCUT2D eigenvalue weighted by atomic mass is 35.5. The minimum absolute atomic E-state index is 0.190. The zero-order chi connectivity index (χ0) is 24.6. The van der Waals surface area contributed by atoms with Gasteiger partial charge in [-0.3, -0.25) is 0 Å². The number of fused-ring (bicyclic) bond motifs is 2. The molecule has 3 heterocycles. The summed E-state index contributed by atoms with van der Waals surface area (Å²) in [7, 11) is 2.27. The van der Waals surface area contributed by atoms with E-state index in [1.54, 1.807) is 6.34 Å². The molecule has 4 atom stereocenters. The summed E-state index contributed by atoms with van der Waals surface area (Å²) in [4.78, 5) is 22.4. The van der Waals surface area contributed by atoms with Crippen molar-refractivity contribution in [3.05, 3.63) is 40.3 Å². The number of nitrogens with one attached hydrogen (secondary N) is 2. The van der Waals surface area contributed by atoms with E-state index >= 15 is 0 Å². The Morgan fingerprint density at radius 2 is 2.00 bits per heavy atom. The minimum atomic E-state index is 0.190. The number of aliphatic imine (C=N–C) groups is 2. The number of aryl methyl sites for hydroxylation is 1. The van der Waals surface area contributed by atoms with Gasteiger partial charge < -0.3 is 20.1 Å². The molecule has 0 amide bonds. The van der Waals surface area contributed by atoms with Gasteiger partial charge in [-0.2, -0.15) is 0 Å². The molecule has 1 aromatic heterocycles. The van der Waals surface area contributed by atoms with Gasteiger partial charge in [0, 0.05) is 25.0 Å². The number of hydrogen-bond acceptors (Lipinski definition) is 6. The van der Waals surface area contributed by atoms with E-state index < -0.39 is 0 Å². The molecule has 9 heteroatoms. The molecule has 1 aromatic carbocycles. The van der Waals surface area contributed by atoms with Crippen LogP contribution in [-0.2, 0) is 6.42 Å². The normalized spacial score (nSPS) is 27.3. The molecule has 2 aliphatic heterocycles. The molecule has 2 saturated carbocycles. The van der Waals surface area contributed by atoms with Crippen LogP contribution < -0.4 is 5.32 Å². The fraction of sp³-hybridized carbons (Fsp3) is 0.593. The standard InChI is InChI=1S/C27H35Cl2N7/c1-35(10-3-2-4-25-33-23-13-21(28)22(29)14-24(23)34-25)15-17-5-8-19(12-17)36-11-9-20-26(32-18-6-7-18)30-16-31-27(20)36/h9,11,13-14,16-20,27H,2-8,10,12,15H2,1H3,(H,33,34)(H,30,31,32)/t17-,19+,20?,27?/m1/s1. The van der Waals surface area contributed by atoms with Gasteiger partial charge in [0.2, 0.25) is 0 Å². The highest BCUT2D eigenvalue weighted by molar-refractivity contribution is 6.42. The van der Waals surface area contributed by atoms with Gasteiger partial charge in [0.25, 0.3) is 0 Å². The maximum Gasteiger partial charge on any atom is 0.136 e. The van der Waals surface area contributed by atoms with Crippen molar-refractivity contribution in [3.63, 3.8) is 0 Å². The average Bonchev–Trinajstić information content (AvgIpc) is 3.22. The van der Waals surface area contributed by atoms with Gasteiger partial charge in [-0.1, -0.05) is 29.3 Å². The molecule has 192 valence electrons. The number of aromatic nitrogens is 2. The van der Waals surface area contributed by atoms with Crippen LogP contribution in [0.25, 0.3) is 11.0 Å². The van der Waals surface area contributed by atoms with E-state index in [4.69, 9.17) is 28.2 Å². The van der Waals surface area contributed by atoms with E-state index in [0.29, 0.717) is 22.1 Å². The summed E-state index contributed by atoms with van der Waals surface area (Å²) in [5.41, 5.74) is 1.83. The number of hydrogen-bond donors (Lipinski definition) is 2. The third kappa shape index (κ3) is 5.29. The quantitative estimate of drug-likeness (QED) is 0.436. The zero-order valence-corrected chi connectivity index (χ0v) is 22.3. The average molecular weight is 529 g/mol. The summed E-state index contributed by atoms with van der Waals surface area (Å²) in [5, 5.41) is 4.73. The zero-order valence-electron chi connectivity index (χ0n) is 20.8. The van der Waals surface area contributed by atoms with E-state index in [1.807, 2.05) is 12.1 Å². The fourth-order valence-electron chi connectivity index (χ4n) is 5.99. The van der Waals surface area contributed by atoms with Crippen LogP contribution in [0, 0.1) is 11.8 Å². The van der Waals surface area contributed by atoms with Gasteiger partial charge in [0.05, 0.1) is 27.0 Å². The molecule has 2 fully saturated rings. The largest absolute Gasteiger partial charge is 0.370 e. The molecular formula is C27H35Cl2N7. The predicted molar refractivity (Wildman–Crippen MR) is 148 cm³/mol. The fourth-order valence-corrected chi connectivity index (χ4v) is 6.31. The van der Waals surface area contributed by atoms with Crippen LogP contribution in [0.2, 0.25) is 10.0 Å². The Hall–Kier alpha value is -2.09. The van der Waals surface area contributed by atoms with Crippen LogP contribution in [0.4, 0.5) is 0 Å². The lowest BCUT2D eigenvalue weighted by Crippen LogP contribution is -2.45. The number of H-pyrrole nitrogens is 1. The first-order valence-corrected chi connectivity index (χ1v) is 14.1. The lowest BCUT2D eigenvalue weighted by molar-refractivity contribution is 0.202. The summed E-state index contributed by atoms with van der Waals surface area (Å²) >= 11 is 12.2. The number of amidine groups is 1. The van der Waals surface area contributed by atoms with Crippen molar-refractivity contribution in [2.75, 3.05) is 20.1 Å². The molecular weight excluding hydrogens is 493 g/mol. The van der Waals surface area contributed by atoms with Crippen molar-refractivity contribution < 1.29 is 0 Å². The summed E-state index contributed by atoms with van der Waals surface area (Å²) in [6, 6.07) is 4.90. The van der Waals surface area contributed by atoms with Crippen molar-refractivity contribution in [1.82, 2.24) is 25.1 Å². The first-order valence-electron chi connectivity index (χ1n) is 13.4. The van der Waals surface area contributed by atoms with Crippen LogP contribution in [0.1, 0.15) is 50.8 Å². The first kappa shape index (κ1) is 24.3. The maximum atomic E-state index is 6.12. The molecule has 6 rings (SSSR count). The molecule has 2 N–H and O–H groups in total. The number of unbranched alkanes of at least 4 members (excludes halogenated alkanes) is 1. The Morgan fingerprint density at radius 3 is 2.86 bits per heavy atom. The SMILES string of the molecule is CN(CCCCc1nc2cc(Cl)c(Cl)cc2[nH]1)C[C@@H]1CC[C@H](N2C=CC3C(NC4CC4)=NC=NC32)C1. The monoisotopic (exact) mass is 527 g/mol. The molecule has 2 aromatic rings. The Balaban J connectivity index is 0.930. The van der Waals surface area contributed by atoms with Gasteiger partial charge in [0.1, 0.15) is 24.2 Å². The van der Waals surface area contributed by atoms with Crippen molar-refractivity contribution in [2.24, 2.45) is 21.8 Å². The number of imidazole rings is 1. The van der Waals surface area contributed by atoms with Crippen LogP contribution in [0.3, 0.4) is 0 Å². The van der Waals surface area contributed by atoms with E-state index in [-0.39, 0.29) is 12.1 Å². The van der Waals surface area contributed by atoms with Crippen molar-refractivity contribution in [2.45, 2.75) is 69.6 Å². The summed E-state index contributed by atoms with van der Waals surface area (Å²) in [6.45, 7) is 2.29. The van der Waals surface area contributed by atoms with Gasteiger partial charge in [-0.25, -0.2) is 15.0 Å². The first-order chi connectivity index (χ1) is 17.5. The van der Waals surface area contributed by atoms with Crippen LogP contribution >= 0.6 is 23.2 Å². The van der Waals surface area contributed by atoms with E-state index in [2.05, 4.69) is 49.4 Å². The Bertz CT molecular complexity index is 1150. The molecule has 36 heavy (non-hydrogen) atoms. The van der Waals surface area contributed by atoms with E-state index in [1.165, 1.54) is 38.6 Å². The second kappa shape index (κ2) is 10.3. The lowest BCUT2D eigenvalue weighted by Gasteiger charge is -2.33. The Morgan fingerprint density at radius 1 is 1.14 bits per heavy atom. The topological polar surface area (TPSA) is 71.9 Å². The minimum Gasteiger partial charge on any atom is -0.370 e. The highest BCUT2D eigenvalue weighted by Crippen LogP contribution is 2.37. The third-order valence-corrected chi connectivity index (χ3v) is 8.76. The molecule has 2 unspecified atom stereocenters. The van der Waals surface area contributed by atoms with Crippen LogP contribution in [-0.4, -0.2) is 70.3 Å². The van der Waals surface area contributed by atoms with Crippen LogP contribution in [0.5, 0.6) is 0 Å². The van der Waals surface area contributed by atoms with Gasteiger partial charge in [-0.15, -0.1) is 0 Å². The number of benzene rings is 1. The highest BCUT2D eigenvalue weighted by Gasteiger charge is 2.41. The second-order valence-electron chi connectivity index (χ2n) is 10.9. The predicted octanol–water partition coefficient (Wildman–Crippen LogP) is 5.26. The van der Waals surface area contributed by atoms with Gasteiger partial charge >= 0.3 is 0 Å². The molecule has 0 radical (unpaired) electrons. The molecule has 0 bridgehead atoms. The third-order valence-electron chi connectivity index (χ3n) is 8.03. The van der Waals surface area contributed by atoms with Crippen LogP contribution in [0.15, 0.2) is 34.4 Å². The van der Waals surface area contributed by atoms with Crippen molar-refractivity contribution >= 4 is 46.4 Å². The number of halogens is 2. The Labute approximate surface area is 223 Å². The lowest BCUT2D eigenvalue weighted by atomic mass is 10.0. The molecule has 2 aliphatic carbocycles. The smallest absolute Gasteiger partial charge is 0.136 e. The maximum absolute atomic E-state index is 6.12. The number of rotatable bonds is 9. The Kier molecular flexibility index (Phi) is 6.97. The van der Waals surface area contributed by atoms with Gasteiger partial charge in [0.15, 0.2) is 0 Å². The number of aromatic amines is 1. The summed E-state index contributed by atoms with van der Waals surface area (Å²) < 4.78 is 0. The van der Waals surface area contributed by atoms with E-state index in [9.17, 15) is 0 Å². The van der Waals surface area contributed by atoms with Crippen molar-refractivity contribution in [3.8, 4) is 0 Å².